The minimum atomic E-state index is -0.0725. The Morgan fingerprint density at radius 3 is 3.00 bits per heavy atom. The second kappa shape index (κ2) is 5.64. The van der Waals surface area contributed by atoms with E-state index in [0.717, 1.165) is 11.5 Å². The zero-order valence-electron chi connectivity index (χ0n) is 8.53. The Balaban J connectivity index is 2.68. The molecule has 1 rings (SSSR count). The molecule has 1 aromatic heterocycles. The molecule has 0 saturated heterocycles. The molecule has 0 aliphatic rings. The molecule has 0 aliphatic heterocycles. The van der Waals surface area contributed by atoms with Gasteiger partial charge in [0.05, 0.1) is 18.3 Å². The van der Waals surface area contributed by atoms with Crippen molar-refractivity contribution in [2.24, 2.45) is 5.84 Å². The van der Waals surface area contributed by atoms with Crippen LogP contribution in [0.2, 0.25) is 0 Å². The van der Waals surface area contributed by atoms with E-state index in [9.17, 15) is 0 Å². The van der Waals surface area contributed by atoms with Crippen molar-refractivity contribution >= 4 is 0 Å². The quantitative estimate of drug-likeness (QED) is 0.524. The van der Waals surface area contributed by atoms with E-state index in [1.54, 1.807) is 6.20 Å². The second-order valence-electron chi connectivity index (χ2n) is 2.91. The Morgan fingerprint density at radius 1 is 1.64 bits per heavy atom. The molecule has 78 valence electrons. The lowest BCUT2D eigenvalue weighted by Crippen LogP contribution is -2.32. The Kier molecular flexibility index (Phi) is 4.45. The highest BCUT2D eigenvalue weighted by molar-refractivity contribution is 5.06. The van der Waals surface area contributed by atoms with Crippen LogP contribution in [0.3, 0.4) is 0 Å². The van der Waals surface area contributed by atoms with Crippen molar-refractivity contribution in [2.75, 3.05) is 13.2 Å². The third kappa shape index (κ3) is 3.02. The minimum absolute atomic E-state index is 0.0725. The molecular weight excluding hydrogens is 180 g/mol. The lowest BCUT2D eigenvalue weighted by molar-refractivity contribution is 0.122. The number of hydrazine groups is 1. The summed E-state index contributed by atoms with van der Waals surface area (Å²) in [6, 6.07) is 1.76. The molecule has 0 aromatic carbocycles. The van der Waals surface area contributed by atoms with Crippen LogP contribution in [0.1, 0.15) is 24.5 Å². The predicted molar refractivity (Wildman–Crippen MR) is 53.3 cm³/mol. The largest absolute Gasteiger partial charge is 0.380 e. The first kappa shape index (κ1) is 11.0. The average Bonchev–Trinajstić information content (AvgIpc) is 2.19. The van der Waals surface area contributed by atoms with Crippen LogP contribution in [0.4, 0.5) is 0 Å². The van der Waals surface area contributed by atoms with Gasteiger partial charge in [0.25, 0.3) is 0 Å². The molecule has 0 saturated carbocycles. The van der Waals surface area contributed by atoms with Crippen LogP contribution in [0.5, 0.6) is 0 Å². The molecular formula is C9H16N4O. The van der Waals surface area contributed by atoms with E-state index >= 15 is 0 Å². The zero-order valence-corrected chi connectivity index (χ0v) is 8.53. The number of rotatable bonds is 5. The van der Waals surface area contributed by atoms with Crippen LogP contribution in [-0.2, 0) is 4.74 Å². The van der Waals surface area contributed by atoms with E-state index in [2.05, 4.69) is 15.4 Å². The third-order valence-electron chi connectivity index (χ3n) is 1.84. The molecule has 0 bridgehead atoms. The summed E-state index contributed by atoms with van der Waals surface area (Å²) in [5.74, 6) is 6.14. The van der Waals surface area contributed by atoms with E-state index in [-0.39, 0.29) is 6.04 Å². The third-order valence-corrected chi connectivity index (χ3v) is 1.84. The van der Waals surface area contributed by atoms with Gasteiger partial charge in [0.2, 0.25) is 0 Å². The van der Waals surface area contributed by atoms with Gasteiger partial charge in [-0.1, -0.05) is 0 Å². The first-order chi connectivity index (χ1) is 6.77. The summed E-state index contributed by atoms with van der Waals surface area (Å²) in [5.41, 5.74) is 3.52. The maximum absolute atomic E-state index is 5.41. The van der Waals surface area contributed by atoms with E-state index in [1.165, 1.54) is 0 Å². The highest BCUT2D eigenvalue weighted by Gasteiger charge is 2.10. The molecule has 0 aliphatic carbocycles. The minimum Gasteiger partial charge on any atom is -0.380 e. The van der Waals surface area contributed by atoms with Gasteiger partial charge in [-0.05, 0) is 19.9 Å². The highest BCUT2D eigenvalue weighted by atomic mass is 16.5. The zero-order chi connectivity index (χ0) is 10.4. The lowest BCUT2D eigenvalue weighted by atomic mass is 10.2. The smallest absolute Gasteiger partial charge is 0.125 e. The standard InChI is InChI=1S/C9H16N4O/c1-3-14-6-9(13-10)8-4-5-11-7(2)12-8/h4-5,9,13H,3,6,10H2,1-2H3. The monoisotopic (exact) mass is 196 g/mol. The molecule has 5 heteroatoms. The second-order valence-corrected chi connectivity index (χ2v) is 2.91. The summed E-state index contributed by atoms with van der Waals surface area (Å²) >= 11 is 0. The van der Waals surface area contributed by atoms with Crippen LogP contribution in [-0.4, -0.2) is 23.2 Å². The number of aryl methyl sites for hydroxylation is 1. The van der Waals surface area contributed by atoms with Crippen molar-refractivity contribution < 1.29 is 4.74 Å². The van der Waals surface area contributed by atoms with Gasteiger partial charge in [0.1, 0.15) is 5.82 Å². The fourth-order valence-electron chi connectivity index (χ4n) is 1.12. The maximum atomic E-state index is 5.41. The summed E-state index contributed by atoms with van der Waals surface area (Å²) in [4.78, 5) is 8.28. The van der Waals surface area contributed by atoms with Crippen molar-refractivity contribution in [1.82, 2.24) is 15.4 Å². The molecule has 14 heavy (non-hydrogen) atoms. The van der Waals surface area contributed by atoms with Crippen molar-refractivity contribution in [3.8, 4) is 0 Å². The van der Waals surface area contributed by atoms with Gasteiger partial charge in [-0.25, -0.2) is 15.4 Å². The first-order valence-electron chi connectivity index (χ1n) is 4.61. The van der Waals surface area contributed by atoms with Crippen molar-refractivity contribution in [1.29, 1.82) is 0 Å². The van der Waals surface area contributed by atoms with E-state index in [1.807, 2.05) is 19.9 Å². The molecule has 3 N–H and O–H groups in total. The van der Waals surface area contributed by atoms with E-state index in [4.69, 9.17) is 10.6 Å². The van der Waals surface area contributed by atoms with Crippen LogP contribution in [0, 0.1) is 6.92 Å². The van der Waals surface area contributed by atoms with Crippen LogP contribution in [0.25, 0.3) is 0 Å². The number of nitrogens with two attached hydrogens (primary N) is 1. The van der Waals surface area contributed by atoms with Crippen LogP contribution < -0.4 is 11.3 Å². The topological polar surface area (TPSA) is 73.1 Å². The molecule has 0 spiro atoms. The van der Waals surface area contributed by atoms with Gasteiger partial charge in [-0.15, -0.1) is 0 Å². The van der Waals surface area contributed by atoms with Crippen molar-refractivity contribution in [3.63, 3.8) is 0 Å². The van der Waals surface area contributed by atoms with Gasteiger partial charge in [-0.2, -0.15) is 0 Å². The van der Waals surface area contributed by atoms with Gasteiger partial charge in [0.15, 0.2) is 0 Å². The SMILES string of the molecule is CCOCC(NN)c1ccnc(C)n1. The van der Waals surface area contributed by atoms with E-state index in [0.29, 0.717) is 13.2 Å². The Bertz CT molecular complexity index is 279. The number of nitrogens with zero attached hydrogens (tertiary/aromatic N) is 2. The lowest BCUT2D eigenvalue weighted by Gasteiger charge is -2.14. The number of aromatic nitrogens is 2. The summed E-state index contributed by atoms with van der Waals surface area (Å²) in [6.07, 6.45) is 1.72. The molecule has 1 unspecified atom stereocenters. The maximum Gasteiger partial charge on any atom is 0.125 e. The molecule has 5 nitrogen and oxygen atoms in total. The molecule has 1 atom stereocenters. The number of hydrogen-bond donors (Lipinski definition) is 2. The van der Waals surface area contributed by atoms with Crippen molar-refractivity contribution in [3.05, 3.63) is 23.8 Å². The summed E-state index contributed by atoms with van der Waals surface area (Å²) < 4.78 is 5.28. The molecule has 0 radical (unpaired) electrons. The molecule has 0 amide bonds. The van der Waals surface area contributed by atoms with Gasteiger partial charge < -0.3 is 4.74 Å². The molecule has 1 aromatic rings. The Hall–Kier alpha value is -1.04. The van der Waals surface area contributed by atoms with Gasteiger partial charge in [0, 0.05) is 12.8 Å². The summed E-state index contributed by atoms with van der Waals surface area (Å²) in [7, 11) is 0. The van der Waals surface area contributed by atoms with Gasteiger partial charge >= 0.3 is 0 Å². The number of ether oxygens (including phenoxy) is 1. The summed E-state index contributed by atoms with van der Waals surface area (Å²) in [5, 5.41) is 0. The number of hydrogen-bond acceptors (Lipinski definition) is 5. The van der Waals surface area contributed by atoms with Crippen LogP contribution in [0.15, 0.2) is 12.3 Å². The molecule has 1 heterocycles. The highest BCUT2D eigenvalue weighted by Crippen LogP contribution is 2.08. The molecule has 0 fully saturated rings. The Morgan fingerprint density at radius 2 is 2.43 bits per heavy atom. The normalized spacial score (nSPS) is 12.8. The van der Waals surface area contributed by atoms with Crippen LogP contribution >= 0.6 is 0 Å². The fraction of sp³-hybridized carbons (Fsp3) is 0.556. The van der Waals surface area contributed by atoms with Gasteiger partial charge in [-0.3, -0.25) is 5.84 Å². The number of nitrogens with one attached hydrogen (secondary N) is 1. The summed E-state index contributed by atoms with van der Waals surface area (Å²) in [6.45, 7) is 4.97. The average molecular weight is 196 g/mol. The Labute approximate surface area is 83.7 Å². The van der Waals surface area contributed by atoms with E-state index < -0.39 is 0 Å². The fourth-order valence-corrected chi connectivity index (χ4v) is 1.12. The predicted octanol–water partition coefficient (Wildman–Crippen LogP) is 0.326. The first-order valence-corrected chi connectivity index (χ1v) is 4.61. The van der Waals surface area contributed by atoms with Crippen molar-refractivity contribution in [2.45, 2.75) is 19.9 Å².